The highest BCUT2D eigenvalue weighted by Gasteiger charge is 2.54. The minimum atomic E-state index is -1.05. The molecule has 0 aliphatic carbocycles. The second kappa shape index (κ2) is 10.6. The normalized spacial score (nSPS) is 17.4. The lowest BCUT2D eigenvalue weighted by Crippen LogP contribution is -2.56. The third-order valence-electron chi connectivity index (χ3n) is 7.59. The fourth-order valence-electron chi connectivity index (χ4n) is 5.58. The molecule has 7 heteroatoms. The summed E-state index contributed by atoms with van der Waals surface area (Å²) in [5, 5.41) is 9.74. The number of carbonyl (C=O) groups is 3. The van der Waals surface area contributed by atoms with E-state index < -0.39 is 11.5 Å². The number of nitrogens with zero attached hydrogens (tertiary/aromatic N) is 3. The van der Waals surface area contributed by atoms with Gasteiger partial charge in [0.2, 0.25) is 0 Å². The summed E-state index contributed by atoms with van der Waals surface area (Å²) in [7, 11) is 0. The van der Waals surface area contributed by atoms with Crippen LogP contribution in [-0.4, -0.2) is 59.5 Å². The van der Waals surface area contributed by atoms with Crippen LogP contribution in [-0.2, 0) is 4.79 Å². The average molecular weight is 498 g/mol. The zero-order valence-electron chi connectivity index (χ0n) is 20.8. The van der Waals surface area contributed by atoms with Crippen LogP contribution in [0.5, 0.6) is 0 Å². The summed E-state index contributed by atoms with van der Waals surface area (Å²) in [4.78, 5) is 44.5. The van der Waals surface area contributed by atoms with Crippen molar-refractivity contribution in [3.05, 3.63) is 96.1 Å². The van der Waals surface area contributed by atoms with Gasteiger partial charge in [0.1, 0.15) is 5.54 Å². The van der Waals surface area contributed by atoms with Crippen molar-refractivity contribution in [2.24, 2.45) is 0 Å². The van der Waals surface area contributed by atoms with Crippen LogP contribution in [0.3, 0.4) is 0 Å². The molecule has 1 amide bonds. The molecule has 37 heavy (non-hydrogen) atoms. The van der Waals surface area contributed by atoms with Crippen LogP contribution < -0.4 is 9.80 Å². The number of Topliss-reactive ketones (excluding diaryl/α,β-unsaturated/α-hetero) is 1. The van der Waals surface area contributed by atoms with Gasteiger partial charge in [-0.25, -0.2) is 4.79 Å². The van der Waals surface area contributed by atoms with E-state index >= 15 is 0 Å². The molecule has 2 saturated heterocycles. The van der Waals surface area contributed by atoms with Crippen molar-refractivity contribution >= 4 is 29.0 Å². The van der Waals surface area contributed by atoms with E-state index in [0.29, 0.717) is 31.6 Å². The van der Waals surface area contributed by atoms with E-state index in [1.807, 2.05) is 60.7 Å². The number of likely N-dealkylation sites (tertiary alicyclic amines) is 1. The summed E-state index contributed by atoms with van der Waals surface area (Å²) >= 11 is 0. The zero-order valence-corrected chi connectivity index (χ0v) is 20.8. The van der Waals surface area contributed by atoms with Gasteiger partial charge in [0, 0.05) is 30.8 Å². The van der Waals surface area contributed by atoms with Crippen molar-refractivity contribution in [1.82, 2.24) is 4.90 Å². The van der Waals surface area contributed by atoms with Gasteiger partial charge in [-0.2, -0.15) is 0 Å². The highest BCUT2D eigenvalue weighted by Crippen LogP contribution is 2.41. The van der Waals surface area contributed by atoms with Crippen LogP contribution in [0.25, 0.3) is 0 Å². The molecule has 7 nitrogen and oxygen atoms in total. The van der Waals surface area contributed by atoms with Gasteiger partial charge in [-0.1, -0.05) is 60.7 Å². The molecule has 1 N–H and O–H groups in total. The number of amides is 1. The number of rotatable bonds is 8. The molecule has 2 aliphatic rings. The first-order valence-corrected chi connectivity index (χ1v) is 12.8. The van der Waals surface area contributed by atoms with E-state index in [2.05, 4.69) is 9.80 Å². The Labute approximate surface area is 216 Å². The SMILES string of the molecule is O=C(CCCN1CCC2(CC1)C(=O)N(c1ccccc1C(=O)O)CN2c1ccccc1)c1ccccc1. The lowest BCUT2D eigenvalue weighted by Gasteiger charge is -2.43. The highest BCUT2D eigenvalue weighted by atomic mass is 16.4. The number of carboxylic acid groups (broad SMARTS) is 1. The minimum absolute atomic E-state index is 0.0519. The summed E-state index contributed by atoms with van der Waals surface area (Å²) in [6.45, 7) is 2.59. The molecule has 2 aliphatic heterocycles. The maximum atomic E-state index is 14.0. The Hall–Kier alpha value is -3.97. The zero-order chi connectivity index (χ0) is 25.8. The number of aromatic carboxylic acids is 1. The maximum absolute atomic E-state index is 14.0. The average Bonchev–Trinajstić information content (AvgIpc) is 3.22. The molecule has 0 atom stereocenters. The Morgan fingerprint density at radius 1 is 0.838 bits per heavy atom. The van der Waals surface area contributed by atoms with Gasteiger partial charge in [0.15, 0.2) is 5.78 Å². The monoisotopic (exact) mass is 497 g/mol. The lowest BCUT2D eigenvalue weighted by molar-refractivity contribution is -0.123. The van der Waals surface area contributed by atoms with Gasteiger partial charge in [-0.05, 0) is 50.1 Å². The van der Waals surface area contributed by atoms with Crippen LogP contribution in [0.4, 0.5) is 11.4 Å². The molecule has 0 unspecified atom stereocenters. The van der Waals surface area contributed by atoms with Crippen LogP contribution >= 0.6 is 0 Å². The van der Waals surface area contributed by atoms with Crippen LogP contribution in [0.2, 0.25) is 0 Å². The van der Waals surface area contributed by atoms with Crippen molar-refractivity contribution in [3.8, 4) is 0 Å². The molecule has 0 aromatic heterocycles. The summed E-state index contributed by atoms with van der Waals surface area (Å²) in [5.41, 5.74) is 1.52. The molecule has 190 valence electrons. The van der Waals surface area contributed by atoms with Crippen molar-refractivity contribution in [3.63, 3.8) is 0 Å². The highest BCUT2D eigenvalue weighted by molar-refractivity contribution is 6.09. The number of hydrogen-bond donors (Lipinski definition) is 1. The van der Waals surface area contributed by atoms with Crippen LogP contribution in [0.15, 0.2) is 84.9 Å². The minimum Gasteiger partial charge on any atom is -0.478 e. The molecular weight excluding hydrogens is 466 g/mol. The third-order valence-corrected chi connectivity index (χ3v) is 7.59. The van der Waals surface area contributed by atoms with Crippen molar-refractivity contribution < 1.29 is 19.5 Å². The smallest absolute Gasteiger partial charge is 0.337 e. The number of hydrogen-bond acceptors (Lipinski definition) is 5. The second-order valence-corrected chi connectivity index (χ2v) is 9.73. The van der Waals surface area contributed by atoms with Gasteiger partial charge in [-0.3, -0.25) is 14.5 Å². The summed E-state index contributed by atoms with van der Waals surface area (Å²) in [6, 6.07) is 26.0. The standard InChI is InChI=1S/C30H31N3O4/c34-27(23-10-3-1-4-11-23)16-9-19-31-20-17-30(18-21-31)29(37)32(22-33(30)24-12-5-2-6-13-24)26-15-8-7-14-25(26)28(35)36/h1-8,10-15H,9,16-22H2,(H,35,36). The summed E-state index contributed by atoms with van der Waals surface area (Å²) in [5.74, 6) is -0.942. The molecule has 2 fully saturated rings. The Bertz CT molecular complexity index is 1270. The number of ketones is 1. The van der Waals surface area contributed by atoms with Crippen LogP contribution in [0.1, 0.15) is 46.4 Å². The fraction of sp³-hybridized carbons (Fsp3) is 0.300. The Morgan fingerprint density at radius 2 is 1.46 bits per heavy atom. The van der Waals surface area contributed by atoms with Gasteiger partial charge in [0.25, 0.3) is 5.91 Å². The van der Waals surface area contributed by atoms with Gasteiger partial charge in [-0.15, -0.1) is 0 Å². The number of anilines is 2. The van der Waals surface area contributed by atoms with E-state index in [1.165, 1.54) is 0 Å². The number of benzene rings is 3. The second-order valence-electron chi connectivity index (χ2n) is 9.73. The third kappa shape index (κ3) is 4.87. The number of carbonyl (C=O) groups excluding carboxylic acids is 2. The topological polar surface area (TPSA) is 81.2 Å². The summed E-state index contributed by atoms with van der Waals surface area (Å²) in [6.07, 6.45) is 2.55. The first-order valence-electron chi connectivity index (χ1n) is 12.8. The number of para-hydroxylation sites is 2. The fourth-order valence-corrected chi connectivity index (χ4v) is 5.58. The Morgan fingerprint density at radius 3 is 2.14 bits per heavy atom. The van der Waals surface area contributed by atoms with Crippen molar-refractivity contribution in [2.75, 3.05) is 36.1 Å². The molecule has 3 aromatic rings. The molecule has 3 aromatic carbocycles. The maximum Gasteiger partial charge on any atom is 0.337 e. The first-order chi connectivity index (χ1) is 18.0. The van der Waals surface area contributed by atoms with E-state index in [1.54, 1.807) is 29.2 Å². The predicted octanol–water partition coefficient (Wildman–Crippen LogP) is 4.69. The van der Waals surface area contributed by atoms with Crippen LogP contribution in [0, 0.1) is 0 Å². The molecule has 2 heterocycles. The predicted molar refractivity (Wildman–Crippen MR) is 143 cm³/mol. The van der Waals surface area contributed by atoms with Crippen molar-refractivity contribution in [1.29, 1.82) is 0 Å². The van der Waals surface area contributed by atoms with Gasteiger partial charge in [0.05, 0.1) is 17.9 Å². The van der Waals surface area contributed by atoms with E-state index in [-0.39, 0.29) is 17.3 Å². The Kier molecular flexibility index (Phi) is 7.06. The van der Waals surface area contributed by atoms with E-state index in [9.17, 15) is 19.5 Å². The quantitative estimate of drug-likeness (QED) is 0.455. The van der Waals surface area contributed by atoms with Gasteiger partial charge < -0.3 is 14.9 Å². The number of carboxylic acids is 1. The molecule has 5 rings (SSSR count). The Balaban J connectivity index is 1.31. The number of piperidine rings is 1. The van der Waals surface area contributed by atoms with Gasteiger partial charge >= 0.3 is 5.97 Å². The summed E-state index contributed by atoms with van der Waals surface area (Å²) < 4.78 is 0. The molecule has 0 radical (unpaired) electrons. The lowest BCUT2D eigenvalue weighted by atomic mass is 9.85. The molecular formula is C30H31N3O4. The first kappa shape index (κ1) is 24.7. The van der Waals surface area contributed by atoms with Crippen molar-refractivity contribution in [2.45, 2.75) is 31.2 Å². The molecule has 1 spiro atoms. The largest absolute Gasteiger partial charge is 0.478 e. The molecule has 0 bridgehead atoms. The van der Waals surface area contributed by atoms with E-state index in [0.717, 1.165) is 37.3 Å². The molecule has 0 saturated carbocycles. The van der Waals surface area contributed by atoms with E-state index in [4.69, 9.17) is 0 Å².